The van der Waals surface area contributed by atoms with Gasteiger partial charge in [0.05, 0.1) is 0 Å². The van der Waals surface area contributed by atoms with Crippen molar-refractivity contribution in [3.63, 3.8) is 0 Å². The zero-order valence-electron chi connectivity index (χ0n) is 11.6. The van der Waals surface area contributed by atoms with E-state index >= 15 is 0 Å². The quantitative estimate of drug-likeness (QED) is 0.687. The van der Waals surface area contributed by atoms with Crippen LogP contribution in [-0.2, 0) is 0 Å². The van der Waals surface area contributed by atoms with Gasteiger partial charge in [-0.15, -0.1) is 0 Å². The van der Waals surface area contributed by atoms with Crippen molar-refractivity contribution in [2.24, 2.45) is 5.92 Å². The van der Waals surface area contributed by atoms with Crippen LogP contribution in [0.25, 0.3) is 0 Å². The fourth-order valence-corrected chi connectivity index (χ4v) is 2.83. The zero-order valence-corrected chi connectivity index (χ0v) is 11.6. The first-order valence-corrected chi connectivity index (χ1v) is 7.35. The SMILES string of the molecule is CC(C)(CCNCC1CCC1)N1CCNCC1. The first-order chi connectivity index (χ1) is 8.18. The van der Waals surface area contributed by atoms with Crippen molar-refractivity contribution in [3.8, 4) is 0 Å². The maximum atomic E-state index is 3.64. The van der Waals surface area contributed by atoms with E-state index in [4.69, 9.17) is 0 Å². The second-order valence-corrected chi connectivity index (χ2v) is 6.30. The van der Waals surface area contributed by atoms with Crippen LogP contribution >= 0.6 is 0 Å². The van der Waals surface area contributed by atoms with E-state index in [-0.39, 0.29) is 0 Å². The monoisotopic (exact) mass is 239 g/mol. The van der Waals surface area contributed by atoms with Crippen molar-refractivity contribution in [1.29, 1.82) is 0 Å². The molecule has 0 radical (unpaired) electrons. The van der Waals surface area contributed by atoms with Crippen LogP contribution in [0.5, 0.6) is 0 Å². The molecule has 100 valence electrons. The fraction of sp³-hybridized carbons (Fsp3) is 1.00. The molecule has 0 amide bonds. The van der Waals surface area contributed by atoms with Crippen LogP contribution in [0.1, 0.15) is 39.5 Å². The number of nitrogens with one attached hydrogen (secondary N) is 2. The van der Waals surface area contributed by atoms with Crippen LogP contribution in [-0.4, -0.2) is 49.7 Å². The molecular weight excluding hydrogens is 210 g/mol. The summed E-state index contributed by atoms with van der Waals surface area (Å²) >= 11 is 0. The highest BCUT2D eigenvalue weighted by Gasteiger charge is 2.27. The first-order valence-electron chi connectivity index (χ1n) is 7.35. The molecule has 1 aliphatic heterocycles. The highest BCUT2D eigenvalue weighted by atomic mass is 15.2. The molecule has 0 atom stereocenters. The Balaban J connectivity index is 1.61. The second-order valence-electron chi connectivity index (χ2n) is 6.30. The molecule has 3 nitrogen and oxygen atoms in total. The predicted octanol–water partition coefficient (Wildman–Crippen LogP) is 1.45. The first kappa shape index (κ1) is 13.3. The molecule has 1 aliphatic carbocycles. The van der Waals surface area contributed by atoms with Crippen LogP contribution in [0, 0.1) is 5.92 Å². The van der Waals surface area contributed by atoms with E-state index in [0.717, 1.165) is 19.0 Å². The van der Waals surface area contributed by atoms with E-state index in [9.17, 15) is 0 Å². The lowest BCUT2D eigenvalue weighted by Crippen LogP contribution is -2.54. The average Bonchev–Trinajstić information content (AvgIpc) is 2.27. The van der Waals surface area contributed by atoms with Crippen LogP contribution in [0.15, 0.2) is 0 Å². The van der Waals surface area contributed by atoms with Gasteiger partial charge in [0.2, 0.25) is 0 Å². The van der Waals surface area contributed by atoms with Gasteiger partial charge in [-0.2, -0.15) is 0 Å². The molecule has 0 aromatic carbocycles. The summed E-state index contributed by atoms with van der Waals surface area (Å²) in [7, 11) is 0. The molecule has 0 aromatic rings. The van der Waals surface area contributed by atoms with Gasteiger partial charge in [-0.05, 0) is 52.1 Å². The van der Waals surface area contributed by atoms with Gasteiger partial charge in [-0.1, -0.05) is 6.42 Å². The third-order valence-electron chi connectivity index (χ3n) is 4.54. The summed E-state index contributed by atoms with van der Waals surface area (Å²) in [5, 5.41) is 7.07. The lowest BCUT2D eigenvalue weighted by Gasteiger charge is -2.41. The summed E-state index contributed by atoms with van der Waals surface area (Å²) in [6, 6.07) is 0. The van der Waals surface area contributed by atoms with Gasteiger partial charge in [0.25, 0.3) is 0 Å². The van der Waals surface area contributed by atoms with Gasteiger partial charge in [-0.25, -0.2) is 0 Å². The minimum atomic E-state index is 0.356. The molecule has 1 saturated carbocycles. The smallest absolute Gasteiger partial charge is 0.0166 e. The van der Waals surface area contributed by atoms with Gasteiger partial charge in [0, 0.05) is 31.7 Å². The van der Waals surface area contributed by atoms with Gasteiger partial charge in [0.1, 0.15) is 0 Å². The van der Waals surface area contributed by atoms with E-state index in [1.54, 1.807) is 0 Å². The molecule has 2 fully saturated rings. The lowest BCUT2D eigenvalue weighted by atomic mass is 9.85. The maximum absolute atomic E-state index is 3.64. The second kappa shape index (κ2) is 6.17. The molecule has 2 aliphatic rings. The molecule has 2 N–H and O–H groups in total. The van der Waals surface area contributed by atoms with Gasteiger partial charge in [0.15, 0.2) is 0 Å². The van der Waals surface area contributed by atoms with Gasteiger partial charge in [-0.3, -0.25) is 4.90 Å². The highest BCUT2D eigenvalue weighted by Crippen LogP contribution is 2.25. The molecule has 0 bridgehead atoms. The number of nitrogens with zero attached hydrogens (tertiary/aromatic N) is 1. The number of hydrogen-bond donors (Lipinski definition) is 2. The normalized spacial score (nSPS) is 23.6. The summed E-state index contributed by atoms with van der Waals surface area (Å²) in [5.74, 6) is 0.984. The van der Waals surface area contributed by atoms with Gasteiger partial charge < -0.3 is 10.6 Å². The Morgan fingerprint density at radius 1 is 1.24 bits per heavy atom. The average molecular weight is 239 g/mol. The summed E-state index contributed by atoms with van der Waals surface area (Å²) in [4.78, 5) is 2.63. The Kier molecular flexibility index (Phi) is 4.83. The minimum Gasteiger partial charge on any atom is -0.316 e. The summed E-state index contributed by atoms with van der Waals surface area (Å²) in [6.07, 6.45) is 5.63. The fourth-order valence-electron chi connectivity index (χ4n) is 2.83. The highest BCUT2D eigenvalue weighted by molar-refractivity contribution is 4.85. The van der Waals surface area contributed by atoms with Crippen molar-refractivity contribution in [3.05, 3.63) is 0 Å². The van der Waals surface area contributed by atoms with Crippen molar-refractivity contribution in [2.75, 3.05) is 39.3 Å². The summed E-state index contributed by atoms with van der Waals surface area (Å²) in [6.45, 7) is 11.9. The molecule has 0 spiro atoms. The molecule has 0 unspecified atom stereocenters. The Hall–Kier alpha value is -0.120. The number of hydrogen-bond acceptors (Lipinski definition) is 3. The van der Waals surface area contributed by atoms with Gasteiger partial charge >= 0.3 is 0 Å². The lowest BCUT2D eigenvalue weighted by molar-refractivity contribution is 0.0950. The topological polar surface area (TPSA) is 27.3 Å². The molecular formula is C14H29N3. The standard InChI is InChI=1S/C14H29N3/c1-14(2,17-10-8-15-9-11-17)6-7-16-12-13-4-3-5-13/h13,15-16H,3-12H2,1-2H3. The third-order valence-corrected chi connectivity index (χ3v) is 4.54. The number of piperazine rings is 1. The molecule has 1 saturated heterocycles. The molecule has 17 heavy (non-hydrogen) atoms. The third kappa shape index (κ3) is 3.94. The van der Waals surface area contributed by atoms with Crippen LogP contribution in [0.3, 0.4) is 0 Å². The van der Waals surface area contributed by atoms with E-state index < -0.39 is 0 Å². The van der Waals surface area contributed by atoms with Crippen LogP contribution in [0.4, 0.5) is 0 Å². The van der Waals surface area contributed by atoms with E-state index in [2.05, 4.69) is 29.4 Å². The summed E-state index contributed by atoms with van der Waals surface area (Å²) in [5.41, 5.74) is 0.356. The van der Waals surface area contributed by atoms with Crippen molar-refractivity contribution < 1.29 is 0 Å². The Labute approximate surface area is 106 Å². The zero-order chi connectivity index (χ0) is 12.1. The van der Waals surface area contributed by atoms with E-state index in [0.29, 0.717) is 5.54 Å². The minimum absolute atomic E-state index is 0.356. The summed E-state index contributed by atoms with van der Waals surface area (Å²) < 4.78 is 0. The molecule has 3 heteroatoms. The number of rotatable bonds is 6. The van der Waals surface area contributed by atoms with Crippen LogP contribution < -0.4 is 10.6 Å². The Morgan fingerprint density at radius 3 is 2.53 bits per heavy atom. The predicted molar refractivity (Wildman–Crippen MR) is 73.3 cm³/mol. The van der Waals surface area contributed by atoms with E-state index in [1.807, 2.05) is 0 Å². The molecule has 2 rings (SSSR count). The Morgan fingerprint density at radius 2 is 1.94 bits per heavy atom. The van der Waals surface area contributed by atoms with Crippen molar-refractivity contribution in [2.45, 2.75) is 45.1 Å². The largest absolute Gasteiger partial charge is 0.316 e. The van der Waals surface area contributed by atoms with E-state index in [1.165, 1.54) is 51.9 Å². The Bertz CT molecular complexity index is 218. The maximum Gasteiger partial charge on any atom is 0.0166 e. The van der Waals surface area contributed by atoms with Crippen molar-refractivity contribution >= 4 is 0 Å². The molecule has 1 heterocycles. The molecule has 0 aromatic heterocycles. The van der Waals surface area contributed by atoms with Crippen molar-refractivity contribution in [1.82, 2.24) is 15.5 Å². The van der Waals surface area contributed by atoms with Crippen LogP contribution in [0.2, 0.25) is 0 Å².